The molecule has 2 aliphatic carbocycles. The number of alkyl carbamates (subject to hydrolysis) is 2. The third-order valence-electron chi connectivity index (χ3n) is 10.6. The number of carbonyl (C=O) groups is 2. The van der Waals surface area contributed by atoms with Crippen LogP contribution in [0.5, 0.6) is 0 Å². The summed E-state index contributed by atoms with van der Waals surface area (Å²) >= 11 is 0. The largest absolute Gasteiger partial charge is 0.446 e. The van der Waals surface area contributed by atoms with Crippen molar-refractivity contribution in [3.05, 3.63) is 72.6 Å². The molecular weight excluding hydrogens is 728 g/mol. The maximum absolute atomic E-state index is 13.6. The van der Waals surface area contributed by atoms with Gasteiger partial charge in [0.1, 0.15) is 23.9 Å². The van der Waals surface area contributed by atoms with Crippen molar-refractivity contribution in [2.45, 2.75) is 129 Å². The standard InChI is InChI=1S/C42H52F4N6O4/c1-39(2,3)33(51-37(53)55-29-15-19-41(43,44)20-16-29)35-47-23-31(49-35)27-11-7-25(8-12-27)26-9-13-28(14-10-26)32-24-48-36(50-32)34(40(4,5)6)52-38(54)56-30-17-21-42(45,46)22-18-30/h7-14,23-24,29-30,33-34H,15-22H2,1-6H3,(H,47,49)(H,48,50)(H,51,53)(H,52,54). The number of aromatic amines is 2. The zero-order valence-corrected chi connectivity index (χ0v) is 32.8. The summed E-state index contributed by atoms with van der Waals surface area (Å²) in [5.74, 6) is -4.29. The fourth-order valence-corrected chi connectivity index (χ4v) is 7.20. The molecule has 2 unspecified atom stereocenters. The summed E-state index contributed by atoms with van der Waals surface area (Å²) in [6.07, 6.45) is 0.417. The van der Waals surface area contributed by atoms with Crippen molar-refractivity contribution in [3.8, 4) is 33.6 Å². The average Bonchev–Trinajstić information content (AvgIpc) is 3.82. The molecule has 2 aliphatic rings. The Hall–Kier alpha value is -4.88. The van der Waals surface area contributed by atoms with Crippen LogP contribution in [0, 0.1) is 10.8 Å². The number of ether oxygens (including phenoxy) is 2. The number of halogens is 4. The lowest BCUT2D eigenvalue weighted by Crippen LogP contribution is -2.40. The lowest BCUT2D eigenvalue weighted by atomic mass is 9.86. The molecule has 2 fully saturated rings. The number of hydrogen-bond donors (Lipinski definition) is 4. The molecule has 14 heteroatoms. The molecule has 10 nitrogen and oxygen atoms in total. The highest BCUT2D eigenvalue weighted by Crippen LogP contribution is 2.38. The van der Waals surface area contributed by atoms with Gasteiger partial charge in [0, 0.05) is 25.7 Å². The summed E-state index contributed by atoms with van der Waals surface area (Å²) in [5.41, 5.74) is 4.48. The number of nitrogens with zero attached hydrogens (tertiary/aromatic N) is 2. The van der Waals surface area contributed by atoms with E-state index in [4.69, 9.17) is 9.47 Å². The van der Waals surface area contributed by atoms with Gasteiger partial charge in [-0.15, -0.1) is 0 Å². The first-order valence-corrected chi connectivity index (χ1v) is 19.3. The van der Waals surface area contributed by atoms with Crippen molar-refractivity contribution in [1.82, 2.24) is 30.6 Å². The second-order valence-corrected chi connectivity index (χ2v) is 17.3. The van der Waals surface area contributed by atoms with E-state index in [1.54, 1.807) is 12.4 Å². The summed E-state index contributed by atoms with van der Waals surface area (Å²) < 4.78 is 65.3. The number of carbonyl (C=O) groups excluding carboxylic acids is 2. The Labute approximate surface area is 325 Å². The van der Waals surface area contributed by atoms with E-state index >= 15 is 0 Å². The highest BCUT2D eigenvalue weighted by molar-refractivity contribution is 5.72. The van der Waals surface area contributed by atoms with E-state index in [-0.39, 0.29) is 51.4 Å². The van der Waals surface area contributed by atoms with Gasteiger partial charge in [-0.05, 0) is 58.8 Å². The Bertz CT molecular complexity index is 1800. The third-order valence-corrected chi connectivity index (χ3v) is 10.6. The van der Waals surface area contributed by atoms with Crippen LogP contribution in [0.3, 0.4) is 0 Å². The molecule has 0 saturated heterocycles. The first kappa shape index (κ1) is 40.8. The molecule has 4 aromatic rings. The molecule has 0 spiro atoms. The van der Waals surface area contributed by atoms with Gasteiger partial charge in [-0.2, -0.15) is 0 Å². The zero-order chi connectivity index (χ0) is 40.5. The van der Waals surface area contributed by atoms with Crippen LogP contribution in [-0.2, 0) is 9.47 Å². The SMILES string of the molecule is CC(C)(C)C(NC(=O)OC1CCC(F)(F)CC1)c1ncc(-c2ccc(-c3ccc(-c4cnc(C(NC(=O)OC5CCC(F)(F)CC5)C(C)(C)C)[nH]4)cc3)cc2)[nH]1. The van der Waals surface area contributed by atoms with Crippen molar-refractivity contribution in [3.63, 3.8) is 0 Å². The molecule has 4 N–H and O–H groups in total. The fourth-order valence-electron chi connectivity index (χ4n) is 7.20. The first-order valence-electron chi connectivity index (χ1n) is 19.3. The maximum Gasteiger partial charge on any atom is 0.408 e. The van der Waals surface area contributed by atoms with Gasteiger partial charge in [-0.1, -0.05) is 90.1 Å². The highest BCUT2D eigenvalue weighted by atomic mass is 19.3. The minimum Gasteiger partial charge on any atom is -0.446 e. The smallest absolute Gasteiger partial charge is 0.408 e. The van der Waals surface area contributed by atoms with Crippen LogP contribution in [0.1, 0.15) is 117 Å². The molecule has 0 aliphatic heterocycles. The number of rotatable bonds is 9. The Morgan fingerprint density at radius 1 is 0.607 bits per heavy atom. The Morgan fingerprint density at radius 2 is 0.911 bits per heavy atom. The number of benzene rings is 2. The predicted molar refractivity (Wildman–Crippen MR) is 205 cm³/mol. The highest BCUT2D eigenvalue weighted by Gasteiger charge is 2.39. The van der Waals surface area contributed by atoms with E-state index in [2.05, 4.69) is 30.6 Å². The fraction of sp³-hybridized carbons (Fsp3) is 0.524. The molecule has 0 bridgehead atoms. The number of hydrogen-bond acceptors (Lipinski definition) is 6. The minimum atomic E-state index is -2.70. The van der Waals surface area contributed by atoms with Crippen LogP contribution in [-0.4, -0.2) is 56.2 Å². The molecule has 2 aromatic heterocycles. The second-order valence-electron chi connectivity index (χ2n) is 17.3. The van der Waals surface area contributed by atoms with E-state index < -0.39 is 59.2 Å². The Balaban J connectivity index is 1.08. The van der Waals surface area contributed by atoms with Gasteiger partial charge in [-0.3, -0.25) is 0 Å². The van der Waals surface area contributed by atoms with Crippen LogP contribution >= 0.6 is 0 Å². The van der Waals surface area contributed by atoms with Crippen molar-refractivity contribution < 1.29 is 36.6 Å². The maximum atomic E-state index is 13.6. The van der Waals surface area contributed by atoms with E-state index in [1.807, 2.05) is 90.1 Å². The van der Waals surface area contributed by atoms with Crippen molar-refractivity contribution in [2.24, 2.45) is 10.8 Å². The van der Waals surface area contributed by atoms with Crippen LogP contribution in [0.15, 0.2) is 60.9 Å². The molecule has 2 amide bonds. The van der Waals surface area contributed by atoms with Crippen molar-refractivity contribution in [1.29, 1.82) is 0 Å². The Kier molecular flexibility index (Phi) is 11.6. The molecular formula is C42H52F4N6O4. The molecule has 2 atom stereocenters. The number of imidazole rings is 2. The molecule has 302 valence electrons. The van der Waals surface area contributed by atoms with E-state index in [0.29, 0.717) is 11.6 Å². The topological polar surface area (TPSA) is 134 Å². The number of amides is 2. The van der Waals surface area contributed by atoms with Gasteiger partial charge >= 0.3 is 12.2 Å². The van der Waals surface area contributed by atoms with Gasteiger partial charge in [-0.25, -0.2) is 37.1 Å². The first-order chi connectivity index (χ1) is 26.2. The summed E-state index contributed by atoms with van der Waals surface area (Å²) in [5, 5.41) is 5.80. The van der Waals surface area contributed by atoms with Crippen LogP contribution in [0.2, 0.25) is 0 Å². The Morgan fingerprint density at radius 3 is 1.21 bits per heavy atom. The predicted octanol–water partition coefficient (Wildman–Crippen LogP) is 10.9. The molecule has 6 rings (SSSR count). The molecule has 56 heavy (non-hydrogen) atoms. The van der Waals surface area contributed by atoms with E-state index in [9.17, 15) is 27.2 Å². The lowest BCUT2D eigenvalue weighted by Gasteiger charge is -2.32. The van der Waals surface area contributed by atoms with Gasteiger partial charge in [0.05, 0.1) is 35.9 Å². The van der Waals surface area contributed by atoms with Crippen LogP contribution in [0.25, 0.3) is 33.6 Å². The second kappa shape index (κ2) is 15.9. The van der Waals surface area contributed by atoms with E-state index in [0.717, 1.165) is 33.6 Å². The normalized spacial score (nSPS) is 18.8. The van der Waals surface area contributed by atoms with Gasteiger partial charge in [0.2, 0.25) is 11.8 Å². The van der Waals surface area contributed by atoms with Crippen molar-refractivity contribution >= 4 is 12.2 Å². The summed E-state index contributed by atoms with van der Waals surface area (Å²) in [6, 6.07) is 15.0. The number of alkyl halides is 4. The molecule has 0 radical (unpaired) electrons. The number of nitrogens with one attached hydrogen (secondary N) is 4. The van der Waals surface area contributed by atoms with Gasteiger partial charge in [0.15, 0.2) is 0 Å². The van der Waals surface area contributed by atoms with Gasteiger partial charge in [0.25, 0.3) is 0 Å². The van der Waals surface area contributed by atoms with Crippen molar-refractivity contribution in [2.75, 3.05) is 0 Å². The molecule has 2 saturated carbocycles. The molecule has 2 heterocycles. The zero-order valence-electron chi connectivity index (χ0n) is 32.8. The van der Waals surface area contributed by atoms with E-state index in [1.165, 1.54) is 0 Å². The monoisotopic (exact) mass is 780 g/mol. The minimum absolute atomic E-state index is 0.131. The van der Waals surface area contributed by atoms with Crippen LogP contribution in [0.4, 0.5) is 27.2 Å². The third kappa shape index (κ3) is 10.3. The average molecular weight is 781 g/mol. The quantitative estimate of drug-likeness (QED) is 0.125. The number of aromatic nitrogens is 4. The summed E-state index contributed by atoms with van der Waals surface area (Å²) in [4.78, 5) is 41.5. The molecule has 2 aromatic carbocycles. The summed E-state index contributed by atoms with van der Waals surface area (Å²) in [7, 11) is 0. The van der Waals surface area contributed by atoms with Gasteiger partial charge < -0.3 is 30.1 Å². The lowest BCUT2D eigenvalue weighted by molar-refractivity contribution is -0.0661. The van der Waals surface area contributed by atoms with Crippen LogP contribution < -0.4 is 10.6 Å². The number of H-pyrrole nitrogens is 2. The summed E-state index contributed by atoms with van der Waals surface area (Å²) in [6.45, 7) is 11.8.